The third-order valence-corrected chi connectivity index (χ3v) is 2.19. The van der Waals surface area contributed by atoms with Crippen LogP contribution in [-0.4, -0.2) is 10.9 Å². The summed E-state index contributed by atoms with van der Waals surface area (Å²) in [6.07, 6.45) is 1.50. The van der Waals surface area contributed by atoms with Gasteiger partial charge in [-0.25, -0.2) is 9.37 Å². The molecule has 0 unspecified atom stereocenters. The number of nitrogens with zero attached hydrogens (tertiary/aromatic N) is 1. The fourth-order valence-electron chi connectivity index (χ4n) is 1.34. The first-order valence-corrected chi connectivity index (χ1v) is 4.94. The van der Waals surface area contributed by atoms with E-state index >= 15 is 0 Å². The number of hydrogen-bond donors (Lipinski definition) is 2. The van der Waals surface area contributed by atoms with Gasteiger partial charge in [0.25, 0.3) is 5.91 Å². The van der Waals surface area contributed by atoms with Gasteiger partial charge in [0.05, 0.1) is 5.56 Å². The van der Waals surface area contributed by atoms with E-state index < -0.39 is 0 Å². The smallest absolute Gasteiger partial charge is 0.259 e. The molecule has 86 valence electrons. The zero-order chi connectivity index (χ0) is 12.3. The van der Waals surface area contributed by atoms with Crippen LogP contribution < -0.4 is 11.1 Å². The van der Waals surface area contributed by atoms with E-state index in [1.54, 1.807) is 12.1 Å². The minimum atomic E-state index is -0.373. The first kappa shape index (κ1) is 11.1. The second-order valence-corrected chi connectivity index (χ2v) is 3.40. The molecule has 0 atom stereocenters. The third-order valence-electron chi connectivity index (χ3n) is 2.19. The number of carbonyl (C=O) groups excluding carboxylic acids is 1. The lowest BCUT2D eigenvalue weighted by molar-refractivity contribution is 0.102. The quantitative estimate of drug-likeness (QED) is 0.831. The lowest BCUT2D eigenvalue weighted by Crippen LogP contribution is -2.14. The number of halogens is 1. The predicted molar refractivity (Wildman–Crippen MR) is 63.0 cm³/mol. The Hall–Kier alpha value is -2.43. The van der Waals surface area contributed by atoms with Gasteiger partial charge in [0.15, 0.2) is 0 Å². The molecule has 2 rings (SSSR count). The molecule has 4 nitrogen and oxygen atoms in total. The van der Waals surface area contributed by atoms with Gasteiger partial charge in [0.1, 0.15) is 11.6 Å². The van der Waals surface area contributed by atoms with Crippen molar-refractivity contribution < 1.29 is 9.18 Å². The number of nitrogens with one attached hydrogen (secondary N) is 1. The minimum absolute atomic E-state index is 0.159. The largest absolute Gasteiger partial charge is 0.383 e. The zero-order valence-electron chi connectivity index (χ0n) is 8.85. The summed E-state index contributed by atoms with van der Waals surface area (Å²) >= 11 is 0. The molecule has 0 aliphatic rings. The Morgan fingerprint density at radius 3 is 2.59 bits per heavy atom. The molecule has 0 saturated heterocycles. The molecular formula is C12H10FN3O. The Balaban J connectivity index is 2.17. The molecule has 1 amide bonds. The van der Waals surface area contributed by atoms with Crippen LogP contribution in [0.3, 0.4) is 0 Å². The summed E-state index contributed by atoms with van der Waals surface area (Å²) in [5.74, 6) is -0.571. The van der Waals surface area contributed by atoms with Gasteiger partial charge in [-0.05, 0) is 36.4 Å². The standard InChI is InChI=1S/C12H10FN3O/c13-8-3-5-9(6-4-8)16-12(17)10-2-1-7-15-11(10)14/h1-7H,(H2,14,15)(H,16,17). The Morgan fingerprint density at radius 1 is 1.24 bits per heavy atom. The van der Waals surface area contributed by atoms with Crippen molar-refractivity contribution in [1.29, 1.82) is 0 Å². The summed E-state index contributed by atoms with van der Waals surface area (Å²) in [7, 11) is 0. The summed E-state index contributed by atoms with van der Waals surface area (Å²) in [6.45, 7) is 0. The SMILES string of the molecule is Nc1ncccc1C(=O)Nc1ccc(F)cc1. The molecule has 2 aromatic rings. The Kier molecular flexibility index (Phi) is 3.00. The zero-order valence-corrected chi connectivity index (χ0v) is 8.85. The maximum atomic E-state index is 12.7. The molecular weight excluding hydrogens is 221 g/mol. The number of amides is 1. The fourth-order valence-corrected chi connectivity index (χ4v) is 1.34. The van der Waals surface area contributed by atoms with E-state index in [1.165, 1.54) is 30.5 Å². The van der Waals surface area contributed by atoms with E-state index in [9.17, 15) is 9.18 Å². The molecule has 0 bridgehead atoms. The summed E-state index contributed by atoms with van der Waals surface area (Å²) in [4.78, 5) is 15.6. The van der Waals surface area contributed by atoms with Crippen molar-refractivity contribution in [3.05, 3.63) is 54.0 Å². The monoisotopic (exact) mass is 231 g/mol. The van der Waals surface area contributed by atoms with E-state index in [-0.39, 0.29) is 23.1 Å². The average Bonchev–Trinajstić information content (AvgIpc) is 2.32. The molecule has 1 aromatic carbocycles. The maximum absolute atomic E-state index is 12.7. The van der Waals surface area contributed by atoms with E-state index in [1.807, 2.05) is 0 Å². The Bertz CT molecular complexity index is 540. The minimum Gasteiger partial charge on any atom is -0.383 e. The van der Waals surface area contributed by atoms with Crippen molar-refractivity contribution in [3.63, 3.8) is 0 Å². The number of nitrogens with two attached hydrogens (primary N) is 1. The van der Waals surface area contributed by atoms with Gasteiger partial charge in [-0.1, -0.05) is 0 Å². The van der Waals surface area contributed by atoms with E-state index in [0.717, 1.165) is 0 Å². The van der Waals surface area contributed by atoms with Gasteiger partial charge >= 0.3 is 0 Å². The van der Waals surface area contributed by atoms with Crippen molar-refractivity contribution in [1.82, 2.24) is 4.98 Å². The maximum Gasteiger partial charge on any atom is 0.259 e. The first-order chi connectivity index (χ1) is 8.16. The van der Waals surface area contributed by atoms with E-state index in [4.69, 9.17) is 5.73 Å². The van der Waals surface area contributed by atoms with E-state index in [2.05, 4.69) is 10.3 Å². The third kappa shape index (κ3) is 2.57. The van der Waals surface area contributed by atoms with Crippen LogP contribution >= 0.6 is 0 Å². The number of hydrogen-bond acceptors (Lipinski definition) is 3. The van der Waals surface area contributed by atoms with Crippen LogP contribution in [-0.2, 0) is 0 Å². The molecule has 3 N–H and O–H groups in total. The molecule has 0 saturated carbocycles. The number of anilines is 2. The highest BCUT2D eigenvalue weighted by molar-refractivity contribution is 6.07. The Labute approximate surface area is 97.3 Å². The Morgan fingerprint density at radius 2 is 1.94 bits per heavy atom. The second kappa shape index (κ2) is 4.61. The topological polar surface area (TPSA) is 68.0 Å². The van der Waals surface area contributed by atoms with Crippen LogP contribution in [0.1, 0.15) is 10.4 Å². The highest BCUT2D eigenvalue weighted by Crippen LogP contribution is 2.12. The van der Waals surface area contributed by atoms with Gasteiger partial charge in [-0.3, -0.25) is 4.79 Å². The van der Waals surface area contributed by atoms with Crippen LogP contribution in [0.5, 0.6) is 0 Å². The highest BCUT2D eigenvalue weighted by atomic mass is 19.1. The summed E-state index contributed by atoms with van der Waals surface area (Å²) < 4.78 is 12.7. The number of rotatable bonds is 2. The number of nitrogen functional groups attached to an aromatic ring is 1. The van der Waals surface area contributed by atoms with Gasteiger partial charge < -0.3 is 11.1 Å². The first-order valence-electron chi connectivity index (χ1n) is 4.94. The number of aromatic nitrogens is 1. The molecule has 1 heterocycles. The predicted octanol–water partition coefficient (Wildman–Crippen LogP) is 2.06. The summed E-state index contributed by atoms with van der Waals surface area (Å²) in [5, 5.41) is 2.60. The van der Waals surface area contributed by atoms with Crippen molar-refractivity contribution >= 4 is 17.4 Å². The van der Waals surface area contributed by atoms with Gasteiger partial charge in [0.2, 0.25) is 0 Å². The second-order valence-electron chi connectivity index (χ2n) is 3.40. The molecule has 0 spiro atoms. The normalized spacial score (nSPS) is 9.94. The fraction of sp³-hybridized carbons (Fsp3) is 0. The van der Waals surface area contributed by atoms with Crippen LogP contribution in [0, 0.1) is 5.82 Å². The van der Waals surface area contributed by atoms with Crippen molar-refractivity contribution in [2.24, 2.45) is 0 Å². The molecule has 0 aliphatic carbocycles. The van der Waals surface area contributed by atoms with Gasteiger partial charge in [-0.2, -0.15) is 0 Å². The molecule has 17 heavy (non-hydrogen) atoms. The van der Waals surface area contributed by atoms with Gasteiger partial charge in [0, 0.05) is 11.9 Å². The van der Waals surface area contributed by atoms with Gasteiger partial charge in [-0.15, -0.1) is 0 Å². The van der Waals surface area contributed by atoms with Crippen molar-refractivity contribution in [3.8, 4) is 0 Å². The summed E-state index contributed by atoms with van der Waals surface area (Å²) in [6, 6.07) is 8.67. The molecule has 0 aliphatic heterocycles. The van der Waals surface area contributed by atoms with Crippen LogP contribution in [0.25, 0.3) is 0 Å². The number of benzene rings is 1. The highest BCUT2D eigenvalue weighted by Gasteiger charge is 2.09. The van der Waals surface area contributed by atoms with Crippen molar-refractivity contribution in [2.75, 3.05) is 11.1 Å². The average molecular weight is 231 g/mol. The van der Waals surface area contributed by atoms with E-state index in [0.29, 0.717) is 5.69 Å². The van der Waals surface area contributed by atoms with Crippen molar-refractivity contribution in [2.45, 2.75) is 0 Å². The molecule has 5 heteroatoms. The molecule has 1 aromatic heterocycles. The van der Waals surface area contributed by atoms with Crippen LogP contribution in [0.2, 0.25) is 0 Å². The number of pyridine rings is 1. The molecule has 0 fully saturated rings. The summed E-state index contributed by atoms with van der Waals surface area (Å²) in [5.41, 5.74) is 6.36. The number of carbonyl (C=O) groups is 1. The lowest BCUT2D eigenvalue weighted by atomic mass is 10.2. The van der Waals surface area contributed by atoms with Crippen LogP contribution in [0.15, 0.2) is 42.6 Å². The lowest BCUT2D eigenvalue weighted by Gasteiger charge is -2.06. The van der Waals surface area contributed by atoms with Crippen LogP contribution in [0.4, 0.5) is 15.9 Å². The molecule has 0 radical (unpaired) electrons.